The summed E-state index contributed by atoms with van der Waals surface area (Å²) < 4.78 is 0. The minimum absolute atomic E-state index is 0.871. The summed E-state index contributed by atoms with van der Waals surface area (Å²) in [4.78, 5) is 0. The Balaban J connectivity index is 2.66. The highest BCUT2D eigenvalue weighted by molar-refractivity contribution is 4.84. The Morgan fingerprint density at radius 1 is 1.14 bits per heavy atom. The number of hydrogen-bond acceptors (Lipinski definition) is 0. The molecule has 1 unspecified atom stereocenters. The van der Waals surface area contributed by atoms with E-state index in [0.717, 1.165) is 29.6 Å². The van der Waals surface area contributed by atoms with Crippen LogP contribution in [0.25, 0.3) is 0 Å². The van der Waals surface area contributed by atoms with Crippen molar-refractivity contribution < 1.29 is 0 Å². The summed E-state index contributed by atoms with van der Waals surface area (Å²) in [5.74, 6) is 4.76. The molecular formula is C14H28. The van der Waals surface area contributed by atoms with Gasteiger partial charge in [-0.15, -0.1) is 0 Å². The zero-order valence-electron chi connectivity index (χ0n) is 10.7. The molecule has 14 heavy (non-hydrogen) atoms. The molecule has 0 bridgehead atoms. The van der Waals surface area contributed by atoms with Crippen LogP contribution in [0.15, 0.2) is 0 Å². The van der Waals surface area contributed by atoms with Crippen LogP contribution in [0, 0.1) is 29.6 Å². The second-order valence-electron chi connectivity index (χ2n) is 5.78. The standard InChI is InChI=1S/C14H28/c1-6-11(4)14(10(2)3)13-9-7-8-12(13)5/h10-14H,6-9H2,1-5H3/t11-,12?,13-,14-/m1/s1. The Kier molecular flexibility index (Phi) is 4.47. The third kappa shape index (κ3) is 2.52. The molecule has 0 aliphatic heterocycles. The van der Waals surface area contributed by atoms with Gasteiger partial charge in [0.05, 0.1) is 0 Å². The molecule has 0 spiro atoms. The van der Waals surface area contributed by atoms with Crippen LogP contribution in [0.3, 0.4) is 0 Å². The molecule has 0 aromatic rings. The molecule has 1 rings (SSSR count). The molecule has 1 fully saturated rings. The van der Waals surface area contributed by atoms with E-state index in [-0.39, 0.29) is 0 Å². The minimum atomic E-state index is 0.871. The molecule has 84 valence electrons. The van der Waals surface area contributed by atoms with Crippen molar-refractivity contribution in [3.05, 3.63) is 0 Å². The summed E-state index contributed by atoms with van der Waals surface area (Å²) in [7, 11) is 0. The van der Waals surface area contributed by atoms with E-state index in [0.29, 0.717) is 0 Å². The molecule has 0 heterocycles. The monoisotopic (exact) mass is 196 g/mol. The van der Waals surface area contributed by atoms with Gasteiger partial charge in [-0.25, -0.2) is 0 Å². The van der Waals surface area contributed by atoms with Gasteiger partial charge in [0.2, 0.25) is 0 Å². The maximum Gasteiger partial charge on any atom is -0.0334 e. The molecule has 0 N–H and O–H groups in total. The third-order valence-corrected chi connectivity index (χ3v) is 4.49. The van der Waals surface area contributed by atoms with Gasteiger partial charge in [0.25, 0.3) is 0 Å². The summed E-state index contributed by atoms with van der Waals surface area (Å²) in [5.41, 5.74) is 0. The van der Waals surface area contributed by atoms with Crippen molar-refractivity contribution in [1.82, 2.24) is 0 Å². The lowest BCUT2D eigenvalue weighted by Crippen LogP contribution is -2.28. The smallest absolute Gasteiger partial charge is 0.0334 e. The zero-order valence-corrected chi connectivity index (χ0v) is 10.7. The van der Waals surface area contributed by atoms with E-state index >= 15 is 0 Å². The maximum absolute atomic E-state index is 2.47. The molecule has 0 heteroatoms. The van der Waals surface area contributed by atoms with Crippen LogP contribution in [0.1, 0.15) is 60.3 Å². The van der Waals surface area contributed by atoms with Gasteiger partial charge in [0.15, 0.2) is 0 Å². The summed E-state index contributed by atoms with van der Waals surface area (Å²) >= 11 is 0. The van der Waals surface area contributed by atoms with Crippen LogP contribution in [0.4, 0.5) is 0 Å². The third-order valence-electron chi connectivity index (χ3n) is 4.49. The summed E-state index contributed by atoms with van der Waals surface area (Å²) in [6.45, 7) is 12.1. The van der Waals surface area contributed by atoms with Crippen molar-refractivity contribution in [2.24, 2.45) is 29.6 Å². The van der Waals surface area contributed by atoms with E-state index in [1.807, 2.05) is 0 Å². The van der Waals surface area contributed by atoms with Crippen molar-refractivity contribution in [3.63, 3.8) is 0 Å². The first-order valence-corrected chi connectivity index (χ1v) is 6.57. The molecule has 0 nitrogen and oxygen atoms in total. The Labute approximate surface area is 90.5 Å². The van der Waals surface area contributed by atoms with Crippen molar-refractivity contribution >= 4 is 0 Å². The van der Waals surface area contributed by atoms with Gasteiger partial charge < -0.3 is 0 Å². The van der Waals surface area contributed by atoms with Gasteiger partial charge in [0, 0.05) is 0 Å². The van der Waals surface area contributed by atoms with Crippen LogP contribution >= 0.6 is 0 Å². The average Bonchev–Trinajstić information content (AvgIpc) is 2.52. The quantitative estimate of drug-likeness (QED) is 0.609. The fourth-order valence-electron chi connectivity index (χ4n) is 3.59. The molecule has 0 saturated heterocycles. The number of rotatable bonds is 4. The van der Waals surface area contributed by atoms with Crippen molar-refractivity contribution in [2.45, 2.75) is 60.3 Å². The number of hydrogen-bond donors (Lipinski definition) is 0. The Morgan fingerprint density at radius 2 is 1.79 bits per heavy atom. The molecule has 0 amide bonds. The van der Waals surface area contributed by atoms with Crippen molar-refractivity contribution in [2.75, 3.05) is 0 Å². The normalized spacial score (nSPS) is 32.1. The van der Waals surface area contributed by atoms with Crippen molar-refractivity contribution in [1.29, 1.82) is 0 Å². The molecule has 1 aliphatic rings. The SMILES string of the molecule is CC[C@@H](C)[C@@H](C(C)C)[C@@H]1CCCC1C. The van der Waals surface area contributed by atoms with Crippen LogP contribution in [0.5, 0.6) is 0 Å². The highest BCUT2D eigenvalue weighted by atomic mass is 14.4. The molecule has 1 saturated carbocycles. The Morgan fingerprint density at radius 3 is 2.14 bits per heavy atom. The lowest BCUT2D eigenvalue weighted by atomic mass is 9.71. The summed E-state index contributed by atoms with van der Waals surface area (Å²) in [6, 6.07) is 0. The molecular weight excluding hydrogens is 168 g/mol. The lowest BCUT2D eigenvalue weighted by molar-refractivity contribution is 0.143. The Bertz CT molecular complexity index is 159. The fraction of sp³-hybridized carbons (Fsp3) is 1.00. The van der Waals surface area contributed by atoms with E-state index in [4.69, 9.17) is 0 Å². The van der Waals surface area contributed by atoms with Crippen LogP contribution < -0.4 is 0 Å². The van der Waals surface area contributed by atoms with E-state index < -0.39 is 0 Å². The Hall–Kier alpha value is 0. The van der Waals surface area contributed by atoms with Crippen LogP contribution in [0.2, 0.25) is 0 Å². The highest BCUT2D eigenvalue weighted by Crippen LogP contribution is 2.43. The van der Waals surface area contributed by atoms with Gasteiger partial charge in [-0.05, 0) is 36.0 Å². The van der Waals surface area contributed by atoms with E-state index in [1.54, 1.807) is 0 Å². The van der Waals surface area contributed by atoms with E-state index in [9.17, 15) is 0 Å². The van der Waals surface area contributed by atoms with Gasteiger partial charge in [-0.2, -0.15) is 0 Å². The molecule has 0 aromatic heterocycles. The van der Waals surface area contributed by atoms with Gasteiger partial charge in [-0.3, -0.25) is 0 Å². The zero-order chi connectivity index (χ0) is 10.7. The minimum Gasteiger partial charge on any atom is -0.0651 e. The van der Waals surface area contributed by atoms with Gasteiger partial charge in [-0.1, -0.05) is 53.9 Å². The molecule has 4 atom stereocenters. The molecule has 1 aliphatic carbocycles. The predicted molar refractivity (Wildman–Crippen MR) is 64.3 cm³/mol. The molecule has 0 aromatic carbocycles. The summed E-state index contributed by atoms with van der Waals surface area (Å²) in [5, 5.41) is 0. The highest BCUT2D eigenvalue weighted by Gasteiger charge is 2.34. The second kappa shape index (κ2) is 5.19. The largest absolute Gasteiger partial charge is 0.0651 e. The average molecular weight is 196 g/mol. The van der Waals surface area contributed by atoms with E-state index in [2.05, 4.69) is 34.6 Å². The maximum atomic E-state index is 2.47. The van der Waals surface area contributed by atoms with Crippen LogP contribution in [-0.2, 0) is 0 Å². The predicted octanol–water partition coefficient (Wildman–Crippen LogP) is 4.74. The lowest BCUT2D eigenvalue weighted by Gasteiger charge is -2.35. The van der Waals surface area contributed by atoms with Crippen LogP contribution in [-0.4, -0.2) is 0 Å². The topological polar surface area (TPSA) is 0 Å². The van der Waals surface area contributed by atoms with E-state index in [1.165, 1.54) is 25.7 Å². The fourth-order valence-corrected chi connectivity index (χ4v) is 3.59. The first kappa shape index (κ1) is 12.1. The first-order valence-electron chi connectivity index (χ1n) is 6.57. The van der Waals surface area contributed by atoms with Gasteiger partial charge >= 0.3 is 0 Å². The molecule has 0 radical (unpaired) electrons. The van der Waals surface area contributed by atoms with Crippen molar-refractivity contribution in [3.8, 4) is 0 Å². The second-order valence-corrected chi connectivity index (χ2v) is 5.78. The first-order chi connectivity index (χ1) is 6.57. The van der Waals surface area contributed by atoms with Gasteiger partial charge in [0.1, 0.15) is 0 Å². The summed E-state index contributed by atoms with van der Waals surface area (Å²) in [6.07, 6.45) is 5.80.